The highest BCUT2D eigenvalue weighted by Gasteiger charge is 2.44. The number of carbonyl (C=O) groups excluding carboxylic acids is 3. The maximum absolute atomic E-state index is 13.1. The van der Waals surface area contributed by atoms with Crippen LogP contribution in [0.3, 0.4) is 0 Å². The molecule has 0 saturated carbocycles. The summed E-state index contributed by atoms with van der Waals surface area (Å²) in [5.74, 6) is -1.21. The average Bonchev–Trinajstić information content (AvgIpc) is 2.64. The third-order valence-electron chi connectivity index (χ3n) is 4.80. The van der Waals surface area contributed by atoms with Crippen LogP contribution in [0.4, 0.5) is 21.5 Å². The van der Waals surface area contributed by atoms with E-state index in [1.807, 2.05) is 0 Å². The number of likely N-dealkylation sites (N-methyl/N-ethyl adjacent to an activating group) is 1. The van der Waals surface area contributed by atoms with Crippen LogP contribution in [0, 0.1) is 5.82 Å². The number of hydrogen-bond acceptors (Lipinski definition) is 3. The van der Waals surface area contributed by atoms with Crippen molar-refractivity contribution >= 4 is 34.8 Å². The van der Waals surface area contributed by atoms with Crippen LogP contribution < -0.4 is 20.4 Å². The van der Waals surface area contributed by atoms with E-state index in [2.05, 4.69) is 10.6 Å². The number of amides is 3. The second-order valence-corrected chi connectivity index (χ2v) is 7.63. The highest BCUT2D eigenvalue weighted by molar-refractivity contribution is 6.14. The van der Waals surface area contributed by atoms with Crippen LogP contribution in [0.1, 0.15) is 13.8 Å². The minimum absolute atomic E-state index is 0.0296. The maximum atomic E-state index is 13.1. The zero-order valence-corrected chi connectivity index (χ0v) is 16.6. The van der Waals surface area contributed by atoms with Gasteiger partial charge in [0.25, 0.3) is 11.8 Å². The quantitative estimate of drug-likeness (QED) is 0.703. The maximum Gasteiger partial charge on any atom is 0.283 e. The van der Waals surface area contributed by atoms with E-state index in [9.17, 15) is 18.8 Å². The Bertz CT molecular complexity index is 943. The summed E-state index contributed by atoms with van der Waals surface area (Å²) in [5, 5.41) is 5.50. The molecule has 2 aromatic rings. The van der Waals surface area contributed by atoms with E-state index in [-0.39, 0.29) is 36.6 Å². The molecule has 1 atom stereocenters. The number of quaternary nitrogens is 1. The van der Waals surface area contributed by atoms with Crippen molar-refractivity contribution < 1.29 is 23.7 Å². The lowest BCUT2D eigenvalue weighted by molar-refractivity contribution is -0.862. The molecule has 0 aliphatic carbocycles. The SMILES string of the molecule is C[NH+](CC(=O)Nc1ccc(F)cc1)CC(=O)N1c2ccccc2NC(=O)C1(C)C. The van der Waals surface area contributed by atoms with Crippen LogP contribution in [0.2, 0.25) is 0 Å². The van der Waals surface area contributed by atoms with Gasteiger partial charge in [0.2, 0.25) is 5.91 Å². The zero-order valence-electron chi connectivity index (χ0n) is 16.6. The van der Waals surface area contributed by atoms with E-state index in [1.165, 1.54) is 29.2 Å². The van der Waals surface area contributed by atoms with Crippen LogP contribution in [0.15, 0.2) is 48.5 Å². The molecule has 29 heavy (non-hydrogen) atoms. The van der Waals surface area contributed by atoms with Crippen LogP contribution >= 0.6 is 0 Å². The Morgan fingerprint density at radius 1 is 1.10 bits per heavy atom. The Balaban J connectivity index is 1.67. The molecule has 3 N–H and O–H groups in total. The highest BCUT2D eigenvalue weighted by atomic mass is 19.1. The van der Waals surface area contributed by atoms with Crippen molar-refractivity contribution in [3.8, 4) is 0 Å². The highest BCUT2D eigenvalue weighted by Crippen LogP contribution is 2.36. The first-order chi connectivity index (χ1) is 13.7. The van der Waals surface area contributed by atoms with Gasteiger partial charge in [-0.2, -0.15) is 0 Å². The van der Waals surface area contributed by atoms with Crippen LogP contribution in [0.25, 0.3) is 0 Å². The minimum Gasteiger partial charge on any atom is -0.322 e. The summed E-state index contributed by atoms with van der Waals surface area (Å²) in [6.45, 7) is 3.45. The Kier molecular flexibility index (Phi) is 5.65. The van der Waals surface area contributed by atoms with Gasteiger partial charge >= 0.3 is 0 Å². The first-order valence-electron chi connectivity index (χ1n) is 9.29. The Hall–Kier alpha value is -3.26. The van der Waals surface area contributed by atoms with Gasteiger partial charge in [-0.3, -0.25) is 19.3 Å². The van der Waals surface area contributed by atoms with Gasteiger partial charge in [-0.05, 0) is 50.2 Å². The number of fused-ring (bicyclic) bond motifs is 1. The number of para-hydroxylation sites is 2. The standard InChI is InChI=1S/C21H23FN4O3/c1-21(2)20(29)24-16-6-4-5-7-17(16)26(21)19(28)13-25(3)12-18(27)23-15-10-8-14(22)9-11-15/h4-11H,12-13H2,1-3H3,(H,23,27)(H,24,29)/p+1. The summed E-state index contributed by atoms with van der Waals surface area (Å²) in [4.78, 5) is 39.9. The second-order valence-electron chi connectivity index (χ2n) is 7.63. The molecule has 0 spiro atoms. The van der Waals surface area contributed by atoms with Crippen molar-refractivity contribution in [1.82, 2.24) is 0 Å². The van der Waals surface area contributed by atoms with Gasteiger partial charge in [-0.15, -0.1) is 0 Å². The predicted octanol–water partition coefficient (Wildman–Crippen LogP) is 1.04. The lowest BCUT2D eigenvalue weighted by atomic mass is 9.96. The molecule has 1 heterocycles. The molecule has 0 radical (unpaired) electrons. The third-order valence-corrected chi connectivity index (χ3v) is 4.80. The molecule has 152 valence electrons. The first kappa shape index (κ1) is 20.5. The summed E-state index contributed by atoms with van der Waals surface area (Å²) < 4.78 is 13.0. The molecule has 0 fully saturated rings. The summed E-state index contributed by atoms with van der Waals surface area (Å²) in [6.07, 6.45) is 0. The molecule has 0 aromatic heterocycles. The van der Waals surface area contributed by atoms with Crippen molar-refractivity contribution in [2.75, 3.05) is 35.7 Å². The zero-order chi connectivity index (χ0) is 21.2. The minimum atomic E-state index is -1.05. The van der Waals surface area contributed by atoms with E-state index in [1.54, 1.807) is 45.2 Å². The Morgan fingerprint density at radius 2 is 1.76 bits per heavy atom. The Morgan fingerprint density at radius 3 is 2.45 bits per heavy atom. The van der Waals surface area contributed by atoms with E-state index in [0.717, 1.165) is 0 Å². The number of halogens is 1. The summed E-state index contributed by atoms with van der Waals surface area (Å²) in [5.41, 5.74) is 0.642. The molecule has 2 aromatic carbocycles. The fourth-order valence-electron chi connectivity index (χ4n) is 3.31. The van der Waals surface area contributed by atoms with E-state index in [0.29, 0.717) is 22.0 Å². The lowest BCUT2D eigenvalue weighted by Crippen LogP contribution is -3.11. The summed E-state index contributed by atoms with van der Waals surface area (Å²) in [7, 11) is 1.73. The van der Waals surface area contributed by atoms with E-state index in [4.69, 9.17) is 0 Å². The van der Waals surface area contributed by atoms with Gasteiger partial charge < -0.3 is 15.5 Å². The second kappa shape index (κ2) is 8.00. The largest absolute Gasteiger partial charge is 0.322 e. The number of hydrogen-bond donors (Lipinski definition) is 3. The topological polar surface area (TPSA) is 82.9 Å². The molecule has 0 bridgehead atoms. The van der Waals surface area contributed by atoms with E-state index >= 15 is 0 Å². The number of carbonyl (C=O) groups is 3. The van der Waals surface area contributed by atoms with Gasteiger partial charge in [0, 0.05) is 5.69 Å². The molecular weight excluding hydrogens is 375 g/mol. The van der Waals surface area contributed by atoms with Crippen molar-refractivity contribution in [3.05, 3.63) is 54.3 Å². The average molecular weight is 399 g/mol. The van der Waals surface area contributed by atoms with Crippen LogP contribution in [-0.2, 0) is 14.4 Å². The van der Waals surface area contributed by atoms with Gasteiger partial charge in [-0.25, -0.2) is 4.39 Å². The molecular formula is C21H24FN4O3+. The normalized spacial score (nSPS) is 15.9. The number of benzene rings is 2. The van der Waals surface area contributed by atoms with Gasteiger partial charge in [0.1, 0.15) is 11.4 Å². The van der Waals surface area contributed by atoms with E-state index < -0.39 is 5.54 Å². The van der Waals surface area contributed by atoms with Gasteiger partial charge in [0.05, 0.1) is 18.4 Å². The number of anilines is 3. The third kappa shape index (κ3) is 4.43. The Labute approximate surface area is 168 Å². The van der Waals surface area contributed by atoms with Crippen LogP contribution in [-0.4, -0.2) is 43.4 Å². The van der Waals surface area contributed by atoms with Crippen LogP contribution in [0.5, 0.6) is 0 Å². The smallest absolute Gasteiger partial charge is 0.283 e. The number of nitrogens with one attached hydrogen (secondary N) is 3. The molecule has 3 amide bonds. The molecule has 0 saturated heterocycles. The lowest BCUT2D eigenvalue weighted by Gasteiger charge is -2.42. The first-order valence-corrected chi connectivity index (χ1v) is 9.29. The predicted molar refractivity (Wildman–Crippen MR) is 108 cm³/mol. The van der Waals surface area contributed by atoms with Crippen molar-refractivity contribution in [2.24, 2.45) is 0 Å². The molecule has 7 nitrogen and oxygen atoms in total. The molecule has 1 aliphatic heterocycles. The molecule has 1 unspecified atom stereocenters. The van der Waals surface area contributed by atoms with Crippen molar-refractivity contribution in [3.63, 3.8) is 0 Å². The number of rotatable bonds is 5. The monoisotopic (exact) mass is 399 g/mol. The summed E-state index contributed by atoms with van der Waals surface area (Å²) in [6, 6.07) is 12.6. The molecule has 3 rings (SSSR count). The number of nitrogens with zero attached hydrogens (tertiary/aromatic N) is 1. The fourth-order valence-corrected chi connectivity index (χ4v) is 3.31. The molecule has 8 heteroatoms. The fraction of sp³-hybridized carbons (Fsp3) is 0.286. The molecule has 1 aliphatic rings. The van der Waals surface area contributed by atoms with Gasteiger partial charge in [0.15, 0.2) is 13.1 Å². The van der Waals surface area contributed by atoms with Gasteiger partial charge in [-0.1, -0.05) is 12.1 Å². The van der Waals surface area contributed by atoms with Crippen molar-refractivity contribution in [1.29, 1.82) is 0 Å². The van der Waals surface area contributed by atoms with Crippen molar-refractivity contribution in [2.45, 2.75) is 19.4 Å². The summed E-state index contributed by atoms with van der Waals surface area (Å²) >= 11 is 0.